The highest BCUT2D eigenvalue weighted by atomic mass is 32.1. The van der Waals surface area contributed by atoms with Crippen molar-refractivity contribution < 1.29 is 23.0 Å². The molecule has 27 heavy (non-hydrogen) atoms. The molecule has 2 aromatic rings. The number of hydrogen-bond donors (Lipinski definition) is 0. The molecule has 1 aliphatic heterocycles. The maximum Gasteiger partial charge on any atom is 0.387 e. The second kappa shape index (κ2) is 8.62. The lowest BCUT2D eigenvalue weighted by Gasteiger charge is -2.34. The predicted octanol–water partition coefficient (Wildman–Crippen LogP) is 3.02. The van der Waals surface area contributed by atoms with Gasteiger partial charge in [-0.05, 0) is 25.1 Å². The molecule has 0 N–H and O–H groups in total. The Bertz CT molecular complexity index is 792. The first kappa shape index (κ1) is 19.5. The van der Waals surface area contributed by atoms with Gasteiger partial charge in [-0.3, -0.25) is 9.69 Å². The number of alkyl halides is 2. The van der Waals surface area contributed by atoms with E-state index in [2.05, 4.69) is 20.0 Å². The molecule has 0 atom stereocenters. The van der Waals surface area contributed by atoms with Gasteiger partial charge in [0.25, 0.3) is 5.91 Å². The van der Waals surface area contributed by atoms with E-state index < -0.39 is 6.61 Å². The summed E-state index contributed by atoms with van der Waals surface area (Å²) in [6.45, 7) is 2.52. The van der Waals surface area contributed by atoms with Crippen LogP contribution in [0.3, 0.4) is 0 Å². The number of amides is 1. The van der Waals surface area contributed by atoms with Gasteiger partial charge in [-0.15, -0.1) is 11.3 Å². The van der Waals surface area contributed by atoms with Gasteiger partial charge in [0.15, 0.2) is 11.5 Å². The third kappa shape index (κ3) is 4.92. The van der Waals surface area contributed by atoms with E-state index in [1.165, 1.54) is 25.3 Å². The molecule has 2 heterocycles. The zero-order valence-corrected chi connectivity index (χ0v) is 16.0. The van der Waals surface area contributed by atoms with Crippen LogP contribution >= 0.6 is 11.3 Å². The number of piperazine rings is 1. The minimum absolute atomic E-state index is 0.0903. The highest BCUT2D eigenvalue weighted by Crippen LogP contribution is 2.30. The smallest absolute Gasteiger partial charge is 0.387 e. The third-order valence-corrected chi connectivity index (χ3v) is 5.16. The number of carbonyl (C=O) groups is 1. The number of benzene rings is 1. The Labute approximate surface area is 160 Å². The number of ether oxygens (including phenoxy) is 2. The monoisotopic (exact) mass is 397 g/mol. The van der Waals surface area contributed by atoms with Crippen molar-refractivity contribution in [1.82, 2.24) is 14.8 Å². The number of halogens is 2. The van der Waals surface area contributed by atoms with Crippen molar-refractivity contribution in [3.8, 4) is 11.5 Å². The van der Waals surface area contributed by atoms with E-state index in [1.807, 2.05) is 6.92 Å². The van der Waals surface area contributed by atoms with Crippen LogP contribution in [0.4, 0.5) is 8.78 Å². The summed E-state index contributed by atoms with van der Waals surface area (Å²) in [4.78, 5) is 21.2. The van der Waals surface area contributed by atoms with Crippen LogP contribution in [0.5, 0.6) is 11.5 Å². The first-order valence-corrected chi connectivity index (χ1v) is 9.39. The Morgan fingerprint density at radius 1 is 1.26 bits per heavy atom. The second-order valence-corrected chi connectivity index (χ2v) is 7.23. The first-order chi connectivity index (χ1) is 13.0. The van der Waals surface area contributed by atoms with E-state index >= 15 is 0 Å². The number of nitrogens with zero attached hydrogens (tertiary/aromatic N) is 3. The molecule has 0 spiro atoms. The molecule has 0 unspecified atom stereocenters. The summed E-state index contributed by atoms with van der Waals surface area (Å²) in [5, 5.41) is 3.11. The lowest BCUT2D eigenvalue weighted by atomic mass is 10.1. The van der Waals surface area contributed by atoms with Crippen LogP contribution in [0.2, 0.25) is 0 Å². The largest absolute Gasteiger partial charge is 0.493 e. The molecule has 146 valence electrons. The fraction of sp³-hybridized carbons (Fsp3) is 0.444. The summed E-state index contributed by atoms with van der Waals surface area (Å²) in [5.41, 5.74) is 1.44. The van der Waals surface area contributed by atoms with E-state index in [-0.39, 0.29) is 17.4 Å². The number of aromatic nitrogens is 1. The van der Waals surface area contributed by atoms with Crippen molar-refractivity contribution in [3.63, 3.8) is 0 Å². The van der Waals surface area contributed by atoms with Gasteiger partial charge in [-0.1, -0.05) is 0 Å². The average molecular weight is 397 g/mol. The fourth-order valence-electron chi connectivity index (χ4n) is 3.00. The molecule has 1 amide bonds. The number of thiazole rings is 1. The van der Waals surface area contributed by atoms with Gasteiger partial charge in [0.2, 0.25) is 0 Å². The lowest BCUT2D eigenvalue weighted by Crippen LogP contribution is -2.48. The molecule has 0 bridgehead atoms. The maximum absolute atomic E-state index is 12.7. The van der Waals surface area contributed by atoms with Gasteiger partial charge in [-0.25, -0.2) is 4.98 Å². The van der Waals surface area contributed by atoms with Crippen LogP contribution in [0, 0.1) is 6.92 Å². The predicted molar refractivity (Wildman–Crippen MR) is 97.7 cm³/mol. The Kier molecular flexibility index (Phi) is 6.22. The summed E-state index contributed by atoms with van der Waals surface area (Å²) in [7, 11) is 1.35. The van der Waals surface area contributed by atoms with Crippen LogP contribution in [-0.2, 0) is 6.54 Å². The van der Waals surface area contributed by atoms with Crippen LogP contribution in [0.15, 0.2) is 23.6 Å². The molecule has 0 saturated carbocycles. The number of rotatable bonds is 6. The molecule has 0 radical (unpaired) electrons. The highest BCUT2D eigenvalue weighted by molar-refractivity contribution is 7.09. The summed E-state index contributed by atoms with van der Waals surface area (Å²) in [5.74, 6) is -0.132. The van der Waals surface area contributed by atoms with Gasteiger partial charge in [0.1, 0.15) is 0 Å². The average Bonchev–Trinajstić information content (AvgIpc) is 3.06. The number of aryl methyl sites for hydroxylation is 1. The standard InChI is InChI=1S/C18H21F2N3O3S/c1-12-21-14(11-27-12)10-22-5-7-23(8-6-22)17(24)13-3-4-15(26-18(19)20)16(9-13)25-2/h3-4,9,11,18H,5-8,10H2,1-2H3. The zero-order chi connectivity index (χ0) is 19.4. The Hall–Kier alpha value is -2.26. The molecule has 1 fully saturated rings. The Morgan fingerprint density at radius 2 is 2.00 bits per heavy atom. The maximum atomic E-state index is 12.7. The Balaban J connectivity index is 1.60. The van der Waals surface area contributed by atoms with Crippen LogP contribution < -0.4 is 9.47 Å². The first-order valence-electron chi connectivity index (χ1n) is 8.51. The van der Waals surface area contributed by atoms with Gasteiger partial charge in [0, 0.05) is 43.7 Å². The van der Waals surface area contributed by atoms with Crippen LogP contribution in [0.1, 0.15) is 21.1 Å². The lowest BCUT2D eigenvalue weighted by molar-refractivity contribution is -0.0512. The topological polar surface area (TPSA) is 54.9 Å². The van der Waals surface area contributed by atoms with Gasteiger partial charge in [0.05, 0.1) is 17.8 Å². The van der Waals surface area contributed by atoms with E-state index in [9.17, 15) is 13.6 Å². The normalized spacial score (nSPS) is 15.2. The van der Waals surface area contributed by atoms with Crippen molar-refractivity contribution in [2.24, 2.45) is 0 Å². The number of hydrogen-bond acceptors (Lipinski definition) is 6. The molecule has 1 saturated heterocycles. The molecular formula is C18H21F2N3O3S. The molecule has 1 aromatic heterocycles. The number of methoxy groups -OCH3 is 1. The van der Waals surface area contributed by atoms with E-state index in [0.717, 1.165) is 30.3 Å². The molecular weight excluding hydrogens is 376 g/mol. The highest BCUT2D eigenvalue weighted by Gasteiger charge is 2.24. The van der Waals surface area contributed by atoms with Crippen molar-refractivity contribution in [2.75, 3.05) is 33.3 Å². The second-order valence-electron chi connectivity index (χ2n) is 6.17. The van der Waals surface area contributed by atoms with Gasteiger partial charge < -0.3 is 14.4 Å². The zero-order valence-electron chi connectivity index (χ0n) is 15.2. The third-order valence-electron chi connectivity index (χ3n) is 4.34. The van der Waals surface area contributed by atoms with Gasteiger partial charge >= 0.3 is 6.61 Å². The van der Waals surface area contributed by atoms with Crippen molar-refractivity contribution in [1.29, 1.82) is 0 Å². The summed E-state index contributed by atoms with van der Waals surface area (Å²) in [6, 6.07) is 4.25. The fourth-order valence-corrected chi connectivity index (χ4v) is 3.60. The van der Waals surface area contributed by atoms with Crippen molar-refractivity contribution >= 4 is 17.2 Å². The van der Waals surface area contributed by atoms with E-state index in [0.29, 0.717) is 18.7 Å². The quantitative estimate of drug-likeness (QED) is 0.750. The van der Waals surface area contributed by atoms with Crippen molar-refractivity contribution in [3.05, 3.63) is 39.8 Å². The van der Waals surface area contributed by atoms with E-state index in [1.54, 1.807) is 16.2 Å². The molecule has 1 aliphatic rings. The van der Waals surface area contributed by atoms with Crippen LogP contribution in [0.25, 0.3) is 0 Å². The molecule has 0 aliphatic carbocycles. The van der Waals surface area contributed by atoms with Crippen LogP contribution in [-0.4, -0.2) is 60.6 Å². The van der Waals surface area contributed by atoms with E-state index in [4.69, 9.17) is 4.74 Å². The molecule has 6 nitrogen and oxygen atoms in total. The molecule has 3 rings (SSSR count). The summed E-state index contributed by atoms with van der Waals surface area (Å²) < 4.78 is 34.3. The SMILES string of the molecule is COc1cc(C(=O)N2CCN(Cc3csc(C)n3)CC2)ccc1OC(F)F. The minimum atomic E-state index is -2.95. The van der Waals surface area contributed by atoms with Crippen molar-refractivity contribution in [2.45, 2.75) is 20.1 Å². The number of carbonyl (C=O) groups excluding carboxylic acids is 1. The minimum Gasteiger partial charge on any atom is -0.493 e. The van der Waals surface area contributed by atoms with Gasteiger partial charge in [-0.2, -0.15) is 8.78 Å². The molecule has 9 heteroatoms. The Morgan fingerprint density at radius 3 is 2.59 bits per heavy atom. The summed E-state index contributed by atoms with van der Waals surface area (Å²) >= 11 is 1.63. The molecule has 1 aromatic carbocycles. The summed E-state index contributed by atoms with van der Waals surface area (Å²) in [6.07, 6.45) is 0.